The summed E-state index contributed by atoms with van der Waals surface area (Å²) < 4.78 is 12.9. The van der Waals surface area contributed by atoms with E-state index in [1.807, 2.05) is 7.05 Å². The van der Waals surface area contributed by atoms with Gasteiger partial charge in [-0.05, 0) is 30.4 Å². The highest BCUT2D eigenvalue weighted by molar-refractivity contribution is 5.77. The van der Waals surface area contributed by atoms with Crippen molar-refractivity contribution in [2.45, 2.75) is 45.7 Å². The average Bonchev–Trinajstić information content (AvgIpc) is 2.46. The summed E-state index contributed by atoms with van der Waals surface area (Å²) in [6, 6.07) is 6.81. The number of amides is 1. The van der Waals surface area contributed by atoms with Gasteiger partial charge in [0.25, 0.3) is 5.91 Å². The molecule has 0 aromatic heterocycles. The Morgan fingerprint density at radius 3 is 2.64 bits per heavy atom. The van der Waals surface area contributed by atoms with Crippen molar-refractivity contribution >= 4 is 5.91 Å². The molecule has 0 bridgehead atoms. The molecule has 1 saturated carbocycles. The minimum Gasteiger partial charge on any atom is -0.348 e. The highest BCUT2D eigenvalue weighted by Crippen LogP contribution is 2.29. The molecule has 4 atom stereocenters. The molecule has 1 aliphatic rings. The maximum Gasteiger partial charge on any atom is 0.275 e. The molecule has 0 heterocycles. The molecule has 4 heteroatoms. The molecule has 1 unspecified atom stereocenters. The fourth-order valence-electron chi connectivity index (χ4n) is 3.33. The van der Waals surface area contributed by atoms with E-state index >= 15 is 0 Å². The number of quaternary nitrogens is 1. The van der Waals surface area contributed by atoms with Gasteiger partial charge in [-0.2, -0.15) is 0 Å². The van der Waals surface area contributed by atoms with Crippen LogP contribution in [-0.4, -0.2) is 25.5 Å². The van der Waals surface area contributed by atoms with Crippen LogP contribution < -0.4 is 10.2 Å². The Labute approximate surface area is 132 Å². The maximum atomic E-state index is 12.9. The number of carbonyl (C=O) groups excluding carboxylic acids is 1. The van der Waals surface area contributed by atoms with E-state index in [4.69, 9.17) is 0 Å². The van der Waals surface area contributed by atoms with Gasteiger partial charge in [-0.1, -0.05) is 38.8 Å². The van der Waals surface area contributed by atoms with E-state index in [9.17, 15) is 9.18 Å². The molecular weight excluding hydrogens is 279 g/mol. The predicted octanol–water partition coefficient (Wildman–Crippen LogP) is 1.78. The number of likely N-dealkylation sites (N-methyl/N-ethyl adjacent to an activating group) is 1. The van der Waals surface area contributed by atoms with E-state index in [1.54, 1.807) is 12.1 Å². The third-order valence-corrected chi connectivity index (χ3v) is 4.93. The van der Waals surface area contributed by atoms with Gasteiger partial charge in [-0.25, -0.2) is 4.39 Å². The number of carbonyl (C=O) groups is 1. The van der Waals surface area contributed by atoms with Crippen molar-refractivity contribution in [1.29, 1.82) is 0 Å². The first-order chi connectivity index (χ1) is 10.5. The Bertz CT molecular complexity index is 488. The van der Waals surface area contributed by atoms with E-state index < -0.39 is 0 Å². The zero-order valence-corrected chi connectivity index (χ0v) is 13.9. The van der Waals surface area contributed by atoms with E-state index in [-0.39, 0.29) is 11.7 Å². The molecule has 3 nitrogen and oxygen atoms in total. The van der Waals surface area contributed by atoms with Gasteiger partial charge >= 0.3 is 0 Å². The van der Waals surface area contributed by atoms with Crippen LogP contribution >= 0.6 is 0 Å². The molecule has 0 spiro atoms. The SMILES string of the molecule is C[C@H]1[C@@H](NC(=O)C[NH+](C)Cc2ccc(F)cc2)CCC[C@@H]1C. The molecule has 0 radical (unpaired) electrons. The van der Waals surface area contributed by atoms with Gasteiger partial charge < -0.3 is 10.2 Å². The first-order valence-corrected chi connectivity index (χ1v) is 8.31. The lowest BCUT2D eigenvalue weighted by Crippen LogP contribution is -3.09. The van der Waals surface area contributed by atoms with Crippen LogP contribution in [0.3, 0.4) is 0 Å². The van der Waals surface area contributed by atoms with Crippen molar-refractivity contribution in [2.24, 2.45) is 11.8 Å². The van der Waals surface area contributed by atoms with Crippen molar-refractivity contribution in [3.05, 3.63) is 35.6 Å². The van der Waals surface area contributed by atoms with Gasteiger partial charge in [0.05, 0.1) is 7.05 Å². The number of hydrogen-bond donors (Lipinski definition) is 2. The molecule has 1 fully saturated rings. The van der Waals surface area contributed by atoms with Crippen LogP contribution in [0.5, 0.6) is 0 Å². The van der Waals surface area contributed by atoms with Crippen LogP contribution in [0.4, 0.5) is 4.39 Å². The third-order valence-electron chi connectivity index (χ3n) is 4.93. The molecule has 22 heavy (non-hydrogen) atoms. The Balaban J connectivity index is 1.79. The molecule has 2 rings (SSSR count). The van der Waals surface area contributed by atoms with Crippen LogP contribution in [0.15, 0.2) is 24.3 Å². The minimum atomic E-state index is -0.223. The second kappa shape index (κ2) is 7.73. The maximum absolute atomic E-state index is 12.9. The zero-order valence-electron chi connectivity index (χ0n) is 13.9. The summed E-state index contributed by atoms with van der Waals surface area (Å²) in [7, 11) is 2.00. The summed E-state index contributed by atoms with van der Waals surface area (Å²) in [6.45, 7) is 5.69. The van der Waals surface area contributed by atoms with Gasteiger partial charge in [0.2, 0.25) is 0 Å². The quantitative estimate of drug-likeness (QED) is 0.854. The van der Waals surface area contributed by atoms with Gasteiger partial charge in [-0.15, -0.1) is 0 Å². The van der Waals surface area contributed by atoms with Gasteiger partial charge in [0.1, 0.15) is 12.4 Å². The highest BCUT2D eigenvalue weighted by atomic mass is 19.1. The van der Waals surface area contributed by atoms with E-state index in [0.717, 1.165) is 23.4 Å². The summed E-state index contributed by atoms with van der Waals surface area (Å²) in [5, 5.41) is 3.21. The topological polar surface area (TPSA) is 33.5 Å². The molecule has 1 amide bonds. The molecule has 2 N–H and O–H groups in total. The Morgan fingerprint density at radius 1 is 1.27 bits per heavy atom. The van der Waals surface area contributed by atoms with Crippen molar-refractivity contribution < 1.29 is 14.1 Å². The monoisotopic (exact) mass is 307 g/mol. The zero-order chi connectivity index (χ0) is 16.1. The number of nitrogens with one attached hydrogen (secondary N) is 2. The molecule has 122 valence electrons. The number of hydrogen-bond acceptors (Lipinski definition) is 1. The lowest BCUT2D eigenvalue weighted by molar-refractivity contribution is -0.885. The first kappa shape index (κ1) is 16.9. The van der Waals surface area contributed by atoms with E-state index in [0.29, 0.717) is 24.4 Å². The second-order valence-corrected chi connectivity index (χ2v) is 6.88. The summed E-state index contributed by atoms with van der Waals surface area (Å²) in [5.74, 6) is 1.13. The Kier molecular flexibility index (Phi) is 5.95. The fraction of sp³-hybridized carbons (Fsp3) is 0.611. The van der Waals surface area contributed by atoms with E-state index in [2.05, 4.69) is 19.2 Å². The minimum absolute atomic E-state index is 0.116. The molecule has 1 aliphatic carbocycles. The predicted molar refractivity (Wildman–Crippen MR) is 86.0 cm³/mol. The van der Waals surface area contributed by atoms with Crippen LogP contribution in [0, 0.1) is 17.7 Å². The lowest BCUT2D eigenvalue weighted by Gasteiger charge is -2.34. The Hall–Kier alpha value is -1.42. The standard InChI is InChI=1S/C18H27FN2O/c1-13-5-4-6-17(14(13)2)20-18(22)12-21(3)11-15-7-9-16(19)10-8-15/h7-10,13-14,17H,4-6,11-12H2,1-3H3,(H,20,22)/p+1/t13-,14+,17-/m0/s1. The lowest BCUT2D eigenvalue weighted by atomic mass is 9.78. The Morgan fingerprint density at radius 2 is 1.95 bits per heavy atom. The molecule has 0 saturated heterocycles. The molecule has 1 aromatic carbocycles. The largest absolute Gasteiger partial charge is 0.348 e. The number of benzene rings is 1. The number of rotatable bonds is 5. The normalized spacial score (nSPS) is 26.5. The highest BCUT2D eigenvalue weighted by Gasteiger charge is 2.28. The third kappa shape index (κ3) is 4.80. The summed E-state index contributed by atoms with van der Waals surface area (Å²) in [5.41, 5.74) is 1.05. The second-order valence-electron chi connectivity index (χ2n) is 6.88. The van der Waals surface area contributed by atoms with Crippen LogP contribution in [0.1, 0.15) is 38.7 Å². The summed E-state index contributed by atoms with van der Waals surface area (Å²) in [4.78, 5) is 13.3. The first-order valence-electron chi connectivity index (χ1n) is 8.31. The van der Waals surface area contributed by atoms with Gasteiger partial charge in [0, 0.05) is 11.6 Å². The van der Waals surface area contributed by atoms with Gasteiger partial charge in [-0.3, -0.25) is 4.79 Å². The van der Waals surface area contributed by atoms with Crippen molar-refractivity contribution in [3.63, 3.8) is 0 Å². The van der Waals surface area contributed by atoms with Crippen molar-refractivity contribution in [3.8, 4) is 0 Å². The van der Waals surface area contributed by atoms with Gasteiger partial charge in [0.15, 0.2) is 6.54 Å². The molecule has 1 aromatic rings. The average molecular weight is 307 g/mol. The van der Waals surface area contributed by atoms with Crippen molar-refractivity contribution in [2.75, 3.05) is 13.6 Å². The van der Waals surface area contributed by atoms with Crippen LogP contribution in [-0.2, 0) is 11.3 Å². The number of halogens is 1. The van der Waals surface area contributed by atoms with E-state index in [1.165, 1.54) is 25.0 Å². The van der Waals surface area contributed by atoms with Crippen LogP contribution in [0.2, 0.25) is 0 Å². The fourth-order valence-corrected chi connectivity index (χ4v) is 3.33. The summed E-state index contributed by atoms with van der Waals surface area (Å²) in [6.07, 6.45) is 3.56. The molecular formula is C18H28FN2O+. The molecule has 0 aliphatic heterocycles. The van der Waals surface area contributed by atoms with Crippen LogP contribution in [0.25, 0.3) is 0 Å². The smallest absolute Gasteiger partial charge is 0.275 e. The summed E-state index contributed by atoms with van der Waals surface area (Å²) >= 11 is 0. The van der Waals surface area contributed by atoms with Crippen molar-refractivity contribution in [1.82, 2.24) is 5.32 Å².